The summed E-state index contributed by atoms with van der Waals surface area (Å²) in [6.45, 7) is 1.00. The summed E-state index contributed by atoms with van der Waals surface area (Å²) >= 11 is 0. The molecule has 34 valence electrons. The molecule has 4 heteroatoms. The molecule has 0 atom stereocenters. The second-order valence-electron chi connectivity index (χ2n) is 0.861. The molecule has 0 aliphatic carbocycles. The molecule has 1 N–H and O–H groups in total. The fourth-order valence-corrected chi connectivity index (χ4v) is 0. The summed E-state index contributed by atoms with van der Waals surface area (Å²) in [5, 5.41) is 7.64. The topological polar surface area (TPSA) is 54.4 Å². The maximum Gasteiger partial charge on any atom is 1.00 e. The number of carboxylic acids is 1. The van der Waals surface area contributed by atoms with Crippen LogP contribution in [0, 0.1) is 0 Å². The predicted octanol–water partition coefficient (Wildman–Crippen LogP) is -3.34. The number of aliphatic carboxylic acids is 1. The van der Waals surface area contributed by atoms with Crippen LogP contribution >= 0.6 is 0 Å². The van der Waals surface area contributed by atoms with E-state index in [1.807, 2.05) is 0 Å². The number of ketones is 1. The number of Topliss-reactive ketones (excluding diaryl/α,β-unsaturated/α-hetero) is 1. The third kappa shape index (κ3) is 5.74. The molecule has 0 radical (unpaired) electrons. The van der Waals surface area contributed by atoms with Crippen molar-refractivity contribution in [2.75, 3.05) is 0 Å². The first-order chi connectivity index (χ1) is 2.64. The molecular weight excluding hydrogens is 91.0 g/mol. The van der Waals surface area contributed by atoms with E-state index in [0.29, 0.717) is 0 Å². The minimum atomic E-state index is -1.38. The first-order valence-corrected chi connectivity index (χ1v) is 1.38. The Morgan fingerprint density at radius 2 is 1.57 bits per heavy atom. The normalized spacial score (nSPS) is 6.43. The number of carbonyl (C=O) groups is 2. The summed E-state index contributed by atoms with van der Waals surface area (Å²) in [6.07, 6.45) is 0. The summed E-state index contributed by atoms with van der Waals surface area (Å²) in [5.74, 6) is -2.20. The molecule has 7 heavy (non-hydrogen) atoms. The summed E-state index contributed by atoms with van der Waals surface area (Å²) in [6, 6.07) is 0. The van der Waals surface area contributed by atoms with Gasteiger partial charge in [-0.2, -0.15) is 0 Å². The fourth-order valence-electron chi connectivity index (χ4n) is 0. The fraction of sp³-hybridized carbons (Fsp3) is 0.333. The molecule has 0 aromatic rings. The standard InChI is InChI=1S/C3H4O3.Li/c1-2(4)3(5)6;/h1H3,(H,5,6);/q;+1. The molecule has 0 fully saturated rings. The molecule has 0 bridgehead atoms. The Labute approximate surface area is 52.9 Å². The Morgan fingerprint density at radius 3 is 1.57 bits per heavy atom. The van der Waals surface area contributed by atoms with Gasteiger partial charge in [0.1, 0.15) is 0 Å². The Morgan fingerprint density at radius 1 is 1.43 bits per heavy atom. The van der Waals surface area contributed by atoms with Gasteiger partial charge >= 0.3 is 24.8 Å². The van der Waals surface area contributed by atoms with Crippen LogP contribution in [0.25, 0.3) is 0 Å². The predicted molar refractivity (Wildman–Crippen MR) is 18.3 cm³/mol. The average Bonchev–Trinajstić information content (AvgIpc) is 1.36. The molecule has 0 aromatic carbocycles. The van der Waals surface area contributed by atoms with Gasteiger partial charge in [0, 0.05) is 6.92 Å². The number of hydrogen-bond donors (Lipinski definition) is 1. The van der Waals surface area contributed by atoms with Crippen molar-refractivity contribution in [1.29, 1.82) is 0 Å². The van der Waals surface area contributed by atoms with Gasteiger partial charge in [0.15, 0.2) is 0 Å². The van der Waals surface area contributed by atoms with Gasteiger partial charge in [0.2, 0.25) is 5.78 Å². The van der Waals surface area contributed by atoms with E-state index in [0.717, 1.165) is 6.92 Å². The molecule has 0 saturated heterocycles. The van der Waals surface area contributed by atoms with E-state index in [1.54, 1.807) is 0 Å². The molecule has 0 heterocycles. The SMILES string of the molecule is CC(=O)C(=O)O.[Li+]. The van der Waals surface area contributed by atoms with Gasteiger partial charge in [-0.1, -0.05) is 0 Å². The van der Waals surface area contributed by atoms with Gasteiger partial charge in [-0.3, -0.25) is 4.79 Å². The van der Waals surface area contributed by atoms with Crippen molar-refractivity contribution in [3.8, 4) is 0 Å². The molecule has 0 spiro atoms. The maximum absolute atomic E-state index is 9.54. The molecule has 3 nitrogen and oxygen atoms in total. The van der Waals surface area contributed by atoms with E-state index in [2.05, 4.69) is 0 Å². The van der Waals surface area contributed by atoms with Gasteiger partial charge in [-0.15, -0.1) is 0 Å². The number of carbonyl (C=O) groups excluding carboxylic acids is 1. The van der Waals surface area contributed by atoms with Crippen LogP contribution < -0.4 is 18.9 Å². The van der Waals surface area contributed by atoms with Gasteiger partial charge in [0.05, 0.1) is 0 Å². The van der Waals surface area contributed by atoms with Crippen LogP contribution in [0.2, 0.25) is 0 Å². The quantitative estimate of drug-likeness (QED) is 0.273. The number of rotatable bonds is 1. The van der Waals surface area contributed by atoms with E-state index in [1.165, 1.54) is 0 Å². The Bertz CT molecular complexity index is 76.2. The van der Waals surface area contributed by atoms with Crippen LogP contribution in [0.1, 0.15) is 6.92 Å². The second kappa shape index (κ2) is 3.91. The van der Waals surface area contributed by atoms with E-state index >= 15 is 0 Å². The van der Waals surface area contributed by atoms with Crippen LogP contribution in [0.3, 0.4) is 0 Å². The molecule has 0 aliphatic rings. The van der Waals surface area contributed by atoms with Crippen LogP contribution in [-0.4, -0.2) is 16.9 Å². The molecule has 0 rings (SSSR count). The van der Waals surface area contributed by atoms with E-state index in [-0.39, 0.29) is 18.9 Å². The monoisotopic (exact) mass is 95.0 g/mol. The smallest absolute Gasteiger partial charge is 0.476 e. The van der Waals surface area contributed by atoms with Crippen LogP contribution in [-0.2, 0) is 9.59 Å². The minimum absolute atomic E-state index is 0. The van der Waals surface area contributed by atoms with Crippen molar-refractivity contribution in [2.24, 2.45) is 0 Å². The molecule has 0 aliphatic heterocycles. The van der Waals surface area contributed by atoms with Gasteiger partial charge < -0.3 is 5.11 Å². The van der Waals surface area contributed by atoms with E-state index in [9.17, 15) is 9.59 Å². The summed E-state index contributed by atoms with van der Waals surface area (Å²) in [4.78, 5) is 18.9. The van der Waals surface area contributed by atoms with E-state index < -0.39 is 11.8 Å². The van der Waals surface area contributed by atoms with Crippen molar-refractivity contribution in [2.45, 2.75) is 6.92 Å². The van der Waals surface area contributed by atoms with Gasteiger partial charge in [0.25, 0.3) is 0 Å². The van der Waals surface area contributed by atoms with Gasteiger partial charge in [-0.25, -0.2) is 4.79 Å². The van der Waals surface area contributed by atoms with Gasteiger partial charge in [-0.05, 0) is 0 Å². The third-order valence-corrected chi connectivity index (χ3v) is 0.301. The van der Waals surface area contributed by atoms with Crippen molar-refractivity contribution >= 4 is 11.8 Å². The van der Waals surface area contributed by atoms with Crippen molar-refractivity contribution < 1.29 is 33.6 Å². The summed E-state index contributed by atoms with van der Waals surface area (Å²) in [7, 11) is 0. The molecular formula is C3H4LiO3+. The third-order valence-electron chi connectivity index (χ3n) is 0.301. The first-order valence-electron chi connectivity index (χ1n) is 1.38. The summed E-state index contributed by atoms with van der Waals surface area (Å²) < 4.78 is 0. The Hall–Kier alpha value is -0.263. The number of hydrogen-bond acceptors (Lipinski definition) is 2. The van der Waals surface area contributed by atoms with Crippen molar-refractivity contribution in [3.05, 3.63) is 0 Å². The zero-order valence-corrected chi connectivity index (χ0v) is 4.26. The Kier molecular flexibility index (Phi) is 5.52. The molecule has 0 saturated carbocycles. The van der Waals surface area contributed by atoms with Crippen LogP contribution in [0.15, 0.2) is 0 Å². The second-order valence-corrected chi connectivity index (χ2v) is 0.861. The number of carboxylic acid groups (broad SMARTS) is 1. The largest absolute Gasteiger partial charge is 1.00 e. The van der Waals surface area contributed by atoms with Crippen LogP contribution in [0.4, 0.5) is 0 Å². The maximum atomic E-state index is 9.54. The van der Waals surface area contributed by atoms with Crippen LogP contribution in [0.5, 0.6) is 0 Å². The Balaban J connectivity index is 0. The van der Waals surface area contributed by atoms with E-state index in [4.69, 9.17) is 5.11 Å². The zero-order chi connectivity index (χ0) is 5.15. The average molecular weight is 95.0 g/mol. The first kappa shape index (κ1) is 9.88. The zero-order valence-electron chi connectivity index (χ0n) is 4.26. The molecule has 0 aromatic heterocycles. The minimum Gasteiger partial charge on any atom is -0.476 e. The molecule has 0 amide bonds. The van der Waals surface area contributed by atoms with Crippen molar-refractivity contribution in [3.63, 3.8) is 0 Å². The summed E-state index contributed by atoms with van der Waals surface area (Å²) in [5.41, 5.74) is 0. The van der Waals surface area contributed by atoms with Crippen molar-refractivity contribution in [1.82, 2.24) is 0 Å². The molecule has 0 unspecified atom stereocenters.